The van der Waals surface area contributed by atoms with Gasteiger partial charge in [-0.3, -0.25) is 4.79 Å². The molecule has 68 valence electrons. The molecule has 1 aliphatic carbocycles. The molecule has 1 heterocycles. The minimum Gasteiger partial charge on any atom is -0.370 e. The number of carbonyl (C=O) groups excluding carboxylic acids is 1. The lowest BCUT2D eigenvalue weighted by atomic mass is 9.83. The van der Waals surface area contributed by atoms with Crippen LogP contribution in [-0.2, 0) is 4.79 Å². The summed E-state index contributed by atoms with van der Waals surface area (Å²) in [5.41, 5.74) is 5.22. The first kappa shape index (κ1) is 8.05. The average molecular weight is 168 g/mol. The van der Waals surface area contributed by atoms with Crippen molar-refractivity contribution in [2.75, 3.05) is 13.1 Å². The van der Waals surface area contributed by atoms with Crippen molar-refractivity contribution in [3.05, 3.63) is 0 Å². The van der Waals surface area contributed by atoms with Crippen LogP contribution in [0.1, 0.15) is 19.3 Å². The molecule has 0 aromatic rings. The van der Waals surface area contributed by atoms with E-state index in [-0.39, 0.29) is 5.91 Å². The Bertz CT molecular complexity index is 177. The van der Waals surface area contributed by atoms with Crippen LogP contribution in [0.4, 0.5) is 0 Å². The number of rotatable bonds is 2. The van der Waals surface area contributed by atoms with Gasteiger partial charge in [-0.15, -0.1) is 0 Å². The predicted octanol–water partition coefficient (Wildman–Crippen LogP) is 0.107. The number of hydrogen-bond donors (Lipinski definition) is 2. The van der Waals surface area contributed by atoms with E-state index in [0.717, 1.165) is 24.9 Å². The predicted molar refractivity (Wildman–Crippen MR) is 46.4 cm³/mol. The molecule has 1 aliphatic heterocycles. The third-order valence-electron chi connectivity index (χ3n) is 3.37. The van der Waals surface area contributed by atoms with Gasteiger partial charge in [0.2, 0.25) is 5.91 Å². The van der Waals surface area contributed by atoms with E-state index in [2.05, 4.69) is 5.32 Å². The molecule has 2 rings (SSSR count). The maximum atomic E-state index is 10.8. The number of primary amides is 1. The van der Waals surface area contributed by atoms with Crippen molar-refractivity contribution in [1.82, 2.24) is 5.32 Å². The zero-order valence-corrected chi connectivity index (χ0v) is 7.25. The summed E-state index contributed by atoms with van der Waals surface area (Å²) in [4.78, 5) is 10.8. The Morgan fingerprint density at radius 1 is 1.33 bits per heavy atom. The lowest BCUT2D eigenvalue weighted by molar-refractivity contribution is -0.119. The largest absolute Gasteiger partial charge is 0.370 e. The van der Waals surface area contributed by atoms with Crippen LogP contribution < -0.4 is 11.1 Å². The number of carbonyl (C=O) groups is 1. The van der Waals surface area contributed by atoms with Crippen molar-refractivity contribution in [3.8, 4) is 0 Å². The number of nitrogens with one attached hydrogen (secondary N) is 1. The second kappa shape index (κ2) is 3.05. The topological polar surface area (TPSA) is 55.1 Å². The van der Waals surface area contributed by atoms with E-state index in [4.69, 9.17) is 5.73 Å². The molecule has 2 fully saturated rings. The zero-order valence-electron chi connectivity index (χ0n) is 7.25. The monoisotopic (exact) mass is 168 g/mol. The quantitative estimate of drug-likeness (QED) is 0.614. The summed E-state index contributed by atoms with van der Waals surface area (Å²) in [5.74, 6) is 1.90. The molecule has 2 atom stereocenters. The van der Waals surface area contributed by atoms with Gasteiger partial charge in [0.05, 0.1) is 0 Å². The number of nitrogens with two attached hydrogens (primary N) is 1. The molecule has 1 saturated carbocycles. The van der Waals surface area contributed by atoms with Crippen molar-refractivity contribution in [2.45, 2.75) is 19.3 Å². The van der Waals surface area contributed by atoms with Gasteiger partial charge in [-0.05, 0) is 43.7 Å². The molecule has 0 radical (unpaired) electrons. The van der Waals surface area contributed by atoms with E-state index in [1.165, 1.54) is 12.8 Å². The highest BCUT2D eigenvalue weighted by Crippen LogP contribution is 2.40. The van der Waals surface area contributed by atoms with E-state index in [0.29, 0.717) is 12.3 Å². The fraction of sp³-hybridized carbons (Fsp3) is 0.889. The summed E-state index contributed by atoms with van der Waals surface area (Å²) >= 11 is 0. The second-order valence-corrected chi connectivity index (χ2v) is 4.09. The standard InChI is InChI=1S/C9H16N2O/c10-9(12)3-8-6-1-2-7(8)5-11-4-6/h6-8,11H,1-5H2,(H2,10,12). The van der Waals surface area contributed by atoms with Gasteiger partial charge in [0.1, 0.15) is 0 Å². The van der Waals surface area contributed by atoms with Gasteiger partial charge in [-0.25, -0.2) is 0 Å². The number of fused-ring (bicyclic) bond motifs is 2. The molecule has 1 amide bonds. The molecular formula is C9H16N2O. The molecule has 0 aromatic carbocycles. The van der Waals surface area contributed by atoms with E-state index < -0.39 is 0 Å². The molecule has 2 bridgehead atoms. The molecule has 0 aromatic heterocycles. The summed E-state index contributed by atoms with van der Waals surface area (Å²) in [5, 5.41) is 3.40. The van der Waals surface area contributed by atoms with Crippen LogP contribution in [0, 0.1) is 17.8 Å². The van der Waals surface area contributed by atoms with Crippen LogP contribution in [0.2, 0.25) is 0 Å². The van der Waals surface area contributed by atoms with Crippen molar-refractivity contribution in [3.63, 3.8) is 0 Å². The van der Waals surface area contributed by atoms with Gasteiger partial charge in [0.15, 0.2) is 0 Å². The smallest absolute Gasteiger partial charge is 0.217 e. The molecule has 2 aliphatic rings. The van der Waals surface area contributed by atoms with Gasteiger partial charge >= 0.3 is 0 Å². The molecule has 3 heteroatoms. The van der Waals surface area contributed by atoms with E-state index in [1.807, 2.05) is 0 Å². The zero-order chi connectivity index (χ0) is 8.55. The Morgan fingerprint density at radius 2 is 1.92 bits per heavy atom. The first-order valence-corrected chi connectivity index (χ1v) is 4.76. The molecule has 12 heavy (non-hydrogen) atoms. The Balaban J connectivity index is 2.00. The molecule has 0 spiro atoms. The maximum absolute atomic E-state index is 10.8. The summed E-state index contributed by atoms with van der Waals surface area (Å²) in [6.45, 7) is 2.18. The minimum absolute atomic E-state index is 0.126. The van der Waals surface area contributed by atoms with Gasteiger partial charge in [-0.1, -0.05) is 0 Å². The van der Waals surface area contributed by atoms with Crippen molar-refractivity contribution >= 4 is 5.91 Å². The highest BCUT2D eigenvalue weighted by atomic mass is 16.1. The third kappa shape index (κ3) is 1.33. The molecule has 3 N–H and O–H groups in total. The fourth-order valence-corrected chi connectivity index (χ4v) is 2.77. The lowest BCUT2D eigenvalue weighted by Crippen LogP contribution is -2.39. The maximum Gasteiger partial charge on any atom is 0.217 e. The van der Waals surface area contributed by atoms with E-state index >= 15 is 0 Å². The lowest BCUT2D eigenvalue weighted by Gasteiger charge is -2.29. The summed E-state index contributed by atoms with van der Waals surface area (Å²) < 4.78 is 0. The van der Waals surface area contributed by atoms with Crippen LogP contribution >= 0.6 is 0 Å². The van der Waals surface area contributed by atoms with Crippen LogP contribution in [0.5, 0.6) is 0 Å². The SMILES string of the molecule is NC(=O)CC1C2CCC1CNC2. The molecule has 1 saturated heterocycles. The van der Waals surface area contributed by atoms with Crippen LogP contribution in [-0.4, -0.2) is 19.0 Å². The van der Waals surface area contributed by atoms with Crippen molar-refractivity contribution in [2.24, 2.45) is 23.5 Å². The average Bonchev–Trinajstić information content (AvgIpc) is 2.30. The number of amides is 1. The van der Waals surface area contributed by atoms with Crippen LogP contribution in [0.15, 0.2) is 0 Å². The summed E-state index contributed by atoms with van der Waals surface area (Å²) in [6.07, 6.45) is 3.18. The normalized spacial score (nSPS) is 39.8. The summed E-state index contributed by atoms with van der Waals surface area (Å²) in [6, 6.07) is 0. The Morgan fingerprint density at radius 3 is 2.42 bits per heavy atom. The summed E-state index contributed by atoms with van der Waals surface area (Å²) in [7, 11) is 0. The number of piperidine rings is 1. The fourth-order valence-electron chi connectivity index (χ4n) is 2.77. The Labute approximate surface area is 72.7 Å². The minimum atomic E-state index is -0.126. The second-order valence-electron chi connectivity index (χ2n) is 4.09. The highest BCUT2D eigenvalue weighted by Gasteiger charge is 2.39. The van der Waals surface area contributed by atoms with Gasteiger partial charge < -0.3 is 11.1 Å². The Kier molecular flexibility index (Phi) is 2.05. The highest BCUT2D eigenvalue weighted by molar-refractivity contribution is 5.74. The van der Waals surface area contributed by atoms with Crippen LogP contribution in [0.3, 0.4) is 0 Å². The van der Waals surface area contributed by atoms with Gasteiger partial charge in [0, 0.05) is 6.42 Å². The van der Waals surface area contributed by atoms with E-state index in [9.17, 15) is 4.79 Å². The number of hydrogen-bond acceptors (Lipinski definition) is 2. The van der Waals surface area contributed by atoms with E-state index in [1.54, 1.807) is 0 Å². The van der Waals surface area contributed by atoms with Gasteiger partial charge in [0.25, 0.3) is 0 Å². The van der Waals surface area contributed by atoms with Crippen LogP contribution in [0.25, 0.3) is 0 Å². The first-order valence-electron chi connectivity index (χ1n) is 4.76. The Hall–Kier alpha value is -0.570. The van der Waals surface area contributed by atoms with Gasteiger partial charge in [-0.2, -0.15) is 0 Å². The van der Waals surface area contributed by atoms with Crippen molar-refractivity contribution in [1.29, 1.82) is 0 Å². The molecule has 3 nitrogen and oxygen atoms in total. The molecular weight excluding hydrogens is 152 g/mol. The molecule has 2 unspecified atom stereocenters. The van der Waals surface area contributed by atoms with Crippen molar-refractivity contribution < 1.29 is 4.79 Å². The third-order valence-corrected chi connectivity index (χ3v) is 3.37. The first-order chi connectivity index (χ1) is 5.77.